The van der Waals surface area contributed by atoms with Gasteiger partial charge in [-0.2, -0.15) is 0 Å². The number of nitrogens with two attached hydrogens (primary N) is 1. The van der Waals surface area contributed by atoms with Crippen molar-refractivity contribution in [1.82, 2.24) is 9.55 Å². The van der Waals surface area contributed by atoms with E-state index in [4.69, 9.17) is 18.0 Å². The standard InChI is InChI=1S/C13H13N3O2S/c1-8-6-9(12(14)19)2-3-10(8)7-16-5-4-11(17)15-13(16)18/h2-6H,7H2,1H3,(H2,14,19)(H,15,17,18). The first-order valence-corrected chi connectivity index (χ1v) is 6.07. The number of hydrogen-bond donors (Lipinski definition) is 2. The second kappa shape index (κ2) is 5.19. The Morgan fingerprint density at radius 3 is 2.68 bits per heavy atom. The normalized spacial score (nSPS) is 10.4. The first-order chi connectivity index (χ1) is 8.97. The largest absolute Gasteiger partial charge is 0.389 e. The molecule has 19 heavy (non-hydrogen) atoms. The van der Waals surface area contributed by atoms with E-state index >= 15 is 0 Å². The Balaban J connectivity index is 2.36. The first kappa shape index (κ1) is 13.2. The van der Waals surface area contributed by atoms with Gasteiger partial charge in [0.15, 0.2) is 0 Å². The molecule has 5 nitrogen and oxygen atoms in total. The topological polar surface area (TPSA) is 80.9 Å². The van der Waals surface area contributed by atoms with Crippen molar-refractivity contribution in [3.05, 3.63) is 68.0 Å². The molecule has 1 aromatic heterocycles. The number of thiocarbonyl (C=S) groups is 1. The molecule has 6 heteroatoms. The maximum Gasteiger partial charge on any atom is 0.328 e. The number of aromatic nitrogens is 2. The predicted molar refractivity (Wildman–Crippen MR) is 77.5 cm³/mol. The van der Waals surface area contributed by atoms with Crippen molar-refractivity contribution in [1.29, 1.82) is 0 Å². The first-order valence-electron chi connectivity index (χ1n) is 5.66. The van der Waals surface area contributed by atoms with Crippen LogP contribution in [0.4, 0.5) is 0 Å². The van der Waals surface area contributed by atoms with Gasteiger partial charge in [-0.05, 0) is 24.1 Å². The summed E-state index contributed by atoms with van der Waals surface area (Å²) in [5.74, 6) is 0. The lowest BCUT2D eigenvalue weighted by atomic mass is 10.1. The van der Waals surface area contributed by atoms with Gasteiger partial charge in [0.05, 0.1) is 6.54 Å². The van der Waals surface area contributed by atoms with Gasteiger partial charge in [0, 0.05) is 17.8 Å². The molecular formula is C13H13N3O2S. The van der Waals surface area contributed by atoms with E-state index in [-0.39, 0.29) is 0 Å². The fourth-order valence-electron chi connectivity index (χ4n) is 1.78. The molecule has 0 unspecified atom stereocenters. The third kappa shape index (κ3) is 2.97. The van der Waals surface area contributed by atoms with Crippen LogP contribution in [0.25, 0.3) is 0 Å². The number of hydrogen-bond acceptors (Lipinski definition) is 3. The Kier molecular flexibility index (Phi) is 3.62. The summed E-state index contributed by atoms with van der Waals surface area (Å²) >= 11 is 4.91. The molecule has 0 saturated heterocycles. The van der Waals surface area contributed by atoms with Crippen LogP contribution in [0.3, 0.4) is 0 Å². The van der Waals surface area contributed by atoms with Crippen LogP contribution in [0.2, 0.25) is 0 Å². The quantitative estimate of drug-likeness (QED) is 0.801. The van der Waals surface area contributed by atoms with Crippen LogP contribution in [-0.4, -0.2) is 14.5 Å². The second-order valence-electron chi connectivity index (χ2n) is 4.24. The van der Waals surface area contributed by atoms with Gasteiger partial charge in [0.25, 0.3) is 5.56 Å². The summed E-state index contributed by atoms with van der Waals surface area (Å²) in [6.45, 7) is 2.31. The molecule has 1 aromatic carbocycles. The van der Waals surface area contributed by atoms with Crippen molar-refractivity contribution < 1.29 is 0 Å². The van der Waals surface area contributed by atoms with Gasteiger partial charge in [-0.25, -0.2) is 4.79 Å². The lowest BCUT2D eigenvalue weighted by Crippen LogP contribution is -2.29. The van der Waals surface area contributed by atoms with E-state index in [1.165, 1.54) is 16.8 Å². The Morgan fingerprint density at radius 1 is 1.37 bits per heavy atom. The molecule has 0 amide bonds. The van der Waals surface area contributed by atoms with Crippen LogP contribution < -0.4 is 17.0 Å². The zero-order valence-corrected chi connectivity index (χ0v) is 11.2. The maximum absolute atomic E-state index is 11.6. The van der Waals surface area contributed by atoms with E-state index in [0.29, 0.717) is 11.5 Å². The van der Waals surface area contributed by atoms with Crippen molar-refractivity contribution in [3.8, 4) is 0 Å². The van der Waals surface area contributed by atoms with Crippen LogP contribution in [0.15, 0.2) is 40.1 Å². The molecule has 2 rings (SSSR count). The average Bonchev–Trinajstić information content (AvgIpc) is 2.34. The van der Waals surface area contributed by atoms with Gasteiger partial charge in [-0.1, -0.05) is 24.4 Å². The summed E-state index contributed by atoms with van der Waals surface area (Å²) in [5, 5.41) is 0. The SMILES string of the molecule is Cc1cc(C(N)=S)ccc1Cn1ccc(=O)[nH]c1=O. The van der Waals surface area contributed by atoms with Crippen molar-refractivity contribution in [2.75, 3.05) is 0 Å². The molecule has 0 saturated carbocycles. The lowest BCUT2D eigenvalue weighted by Gasteiger charge is -2.09. The van der Waals surface area contributed by atoms with E-state index in [9.17, 15) is 9.59 Å². The molecule has 0 bridgehead atoms. The van der Waals surface area contributed by atoms with Gasteiger partial charge in [-0.3, -0.25) is 14.3 Å². The van der Waals surface area contributed by atoms with Gasteiger partial charge < -0.3 is 5.73 Å². The molecule has 0 aliphatic carbocycles. The molecule has 0 spiro atoms. The zero-order valence-electron chi connectivity index (χ0n) is 10.3. The minimum absolute atomic E-state index is 0.343. The van der Waals surface area contributed by atoms with Crippen molar-refractivity contribution in [3.63, 3.8) is 0 Å². The van der Waals surface area contributed by atoms with Gasteiger partial charge in [-0.15, -0.1) is 0 Å². The summed E-state index contributed by atoms with van der Waals surface area (Å²) < 4.78 is 1.43. The Labute approximate surface area is 114 Å². The van der Waals surface area contributed by atoms with E-state index in [1.54, 1.807) is 0 Å². The third-order valence-corrected chi connectivity index (χ3v) is 3.10. The highest BCUT2D eigenvalue weighted by Gasteiger charge is 2.04. The molecule has 98 valence electrons. The zero-order chi connectivity index (χ0) is 14.0. The lowest BCUT2D eigenvalue weighted by molar-refractivity contribution is 0.717. The Bertz CT molecular complexity index is 746. The highest BCUT2D eigenvalue weighted by molar-refractivity contribution is 7.80. The number of benzene rings is 1. The van der Waals surface area contributed by atoms with Gasteiger partial charge in [0.1, 0.15) is 4.99 Å². The highest BCUT2D eigenvalue weighted by atomic mass is 32.1. The number of nitrogens with zero attached hydrogens (tertiary/aromatic N) is 1. The van der Waals surface area contributed by atoms with E-state index in [1.807, 2.05) is 25.1 Å². The molecule has 0 aliphatic heterocycles. The average molecular weight is 275 g/mol. The molecule has 1 heterocycles. The highest BCUT2D eigenvalue weighted by Crippen LogP contribution is 2.12. The summed E-state index contributed by atoms with van der Waals surface area (Å²) in [4.78, 5) is 25.1. The summed E-state index contributed by atoms with van der Waals surface area (Å²) in [6.07, 6.45) is 1.47. The van der Waals surface area contributed by atoms with Crippen LogP contribution in [0.1, 0.15) is 16.7 Å². The summed E-state index contributed by atoms with van der Waals surface area (Å²) in [6, 6.07) is 6.90. The van der Waals surface area contributed by atoms with Crippen LogP contribution >= 0.6 is 12.2 Å². The Morgan fingerprint density at radius 2 is 2.11 bits per heavy atom. The number of nitrogens with one attached hydrogen (secondary N) is 1. The number of aryl methyl sites for hydroxylation is 1. The van der Waals surface area contributed by atoms with E-state index in [2.05, 4.69) is 4.98 Å². The van der Waals surface area contributed by atoms with Crippen molar-refractivity contribution >= 4 is 17.2 Å². The minimum atomic E-state index is -0.426. The molecule has 0 fully saturated rings. The van der Waals surface area contributed by atoms with Crippen molar-refractivity contribution in [2.24, 2.45) is 5.73 Å². The number of rotatable bonds is 3. The fourth-order valence-corrected chi connectivity index (χ4v) is 1.91. The van der Waals surface area contributed by atoms with Crippen molar-refractivity contribution in [2.45, 2.75) is 13.5 Å². The molecule has 2 aromatic rings. The van der Waals surface area contributed by atoms with Crippen LogP contribution in [-0.2, 0) is 6.54 Å². The smallest absolute Gasteiger partial charge is 0.328 e. The predicted octanol–water partition coefficient (Wildman–Crippen LogP) is 0.528. The van der Waals surface area contributed by atoms with Gasteiger partial charge in [0.2, 0.25) is 0 Å². The Hall–Kier alpha value is -2.21. The van der Waals surface area contributed by atoms with Crippen LogP contribution in [0, 0.1) is 6.92 Å². The monoisotopic (exact) mass is 275 g/mol. The molecule has 3 N–H and O–H groups in total. The fraction of sp³-hybridized carbons (Fsp3) is 0.154. The van der Waals surface area contributed by atoms with E-state index < -0.39 is 11.2 Å². The number of H-pyrrole nitrogens is 1. The molecule has 0 aliphatic rings. The molecular weight excluding hydrogens is 262 g/mol. The van der Waals surface area contributed by atoms with Crippen LogP contribution in [0.5, 0.6) is 0 Å². The number of aromatic amines is 1. The maximum atomic E-state index is 11.6. The van der Waals surface area contributed by atoms with Gasteiger partial charge >= 0.3 is 5.69 Å². The second-order valence-corrected chi connectivity index (χ2v) is 4.68. The minimum Gasteiger partial charge on any atom is -0.389 e. The van der Waals surface area contributed by atoms with E-state index in [0.717, 1.165) is 16.7 Å². The summed E-state index contributed by atoms with van der Waals surface area (Å²) in [5.41, 5.74) is 7.49. The third-order valence-electron chi connectivity index (χ3n) is 2.86. The summed E-state index contributed by atoms with van der Waals surface area (Å²) in [7, 11) is 0. The molecule has 0 radical (unpaired) electrons. The molecule has 0 atom stereocenters.